The SMILES string of the molecule is O=C(O)c1nnn(-c2ccc(-c3ccccc3Cl)cc2)c1C1CC1. The number of carboxylic acid groups (broad SMARTS) is 1. The molecule has 120 valence electrons. The van der Waals surface area contributed by atoms with Gasteiger partial charge in [-0.1, -0.05) is 47.1 Å². The van der Waals surface area contributed by atoms with Crippen LogP contribution in [0.3, 0.4) is 0 Å². The Balaban J connectivity index is 1.74. The first-order chi connectivity index (χ1) is 11.6. The Labute approximate surface area is 143 Å². The maximum Gasteiger partial charge on any atom is 0.358 e. The molecule has 24 heavy (non-hydrogen) atoms. The molecule has 0 spiro atoms. The molecular formula is C18H14ClN3O2. The van der Waals surface area contributed by atoms with Gasteiger partial charge in [-0.05, 0) is 36.6 Å². The van der Waals surface area contributed by atoms with Crippen LogP contribution in [0.15, 0.2) is 48.5 Å². The Bertz CT molecular complexity index is 914. The Hall–Kier alpha value is -2.66. The van der Waals surface area contributed by atoms with Gasteiger partial charge in [-0.2, -0.15) is 0 Å². The van der Waals surface area contributed by atoms with Crippen LogP contribution in [0.5, 0.6) is 0 Å². The van der Waals surface area contributed by atoms with Crippen LogP contribution in [-0.2, 0) is 0 Å². The summed E-state index contributed by atoms with van der Waals surface area (Å²) >= 11 is 6.24. The summed E-state index contributed by atoms with van der Waals surface area (Å²) < 4.78 is 1.64. The third-order valence-corrected chi connectivity index (χ3v) is 4.50. The van der Waals surface area contributed by atoms with E-state index in [2.05, 4.69) is 10.3 Å². The summed E-state index contributed by atoms with van der Waals surface area (Å²) in [5.74, 6) is -0.801. The smallest absolute Gasteiger partial charge is 0.358 e. The van der Waals surface area contributed by atoms with Crippen LogP contribution in [0.4, 0.5) is 0 Å². The van der Waals surface area contributed by atoms with Gasteiger partial charge in [0.2, 0.25) is 0 Å². The minimum absolute atomic E-state index is 0.0488. The molecule has 0 saturated heterocycles. The molecule has 6 heteroatoms. The van der Waals surface area contributed by atoms with Gasteiger partial charge in [0.15, 0.2) is 5.69 Å². The van der Waals surface area contributed by atoms with Crippen molar-refractivity contribution >= 4 is 17.6 Å². The van der Waals surface area contributed by atoms with Crippen LogP contribution in [0, 0.1) is 0 Å². The second-order valence-corrected chi connectivity index (χ2v) is 6.25. The maximum absolute atomic E-state index is 11.3. The molecule has 1 heterocycles. The lowest BCUT2D eigenvalue weighted by Gasteiger charge is -2.08. The van der Waals surface area contributed by atoms with Gasteiger partial charge in [-0.3, -0.25) is 0 Å². The van der Waals surface area contributed by atoms with E-state index in [1.54, 1.807) is 4.68 Å². The summed E-state index contributed by atoms with van der Waals surface area (Å²) in [6.45, 7) is 0. The number of carboxylic acids is 1. The fourth-order valence-electron chi connectivity index (χ4n) is 2.83. The van der Waals surface area contributed by atoms with E-state index >= 15 is 0 Å². The molecule has 1 fully saturated rings. The molecule has 1 N–H and O–H groups in total. The fourth-order valence-corrected chi connectivity index (χ4v) is 3.08. The molecule has 1 aliphatic carbocycles. The van der Waals surface area contributed by atoms with E-state index in [4.69, 9.17) is 11.6 Å². The summed E-state index contributed by atoms with van der Waals surface area (Å²) in [7, 11) is 0. The lowest BCUT2D eigenvalue weighted by molar-refractivity contribution is 0.0689. The topological polar surface area (TPSA) is 68.0 Å². The van der Waals surface area contributed by atoms with Crippen LogP contribution in [0.2, 0.25) is 5.02 Å². The zero-order valence-corrected chi connectivity index (χ0v) is 13.4. The van der Waals surface area contributed by atoms with Crippen molar-refractivity contribution in [1.82, 2.24) is 15.0 Å². The molecule has 2 aromatic carbocycles. The lowest BCUT2D eigenvalue weighted by atomic mass is 10.1. The van der Waals surface area contributed by atoms with Crippen molar-refractivity contribution in [2.45, 2.75) is 18.8 Å². The van der Waals surface area contributed by atoms with E-state index in [1.165, 1.54) is 0 Å². The molecule has 0 bridgehead atoms. The van der Waals surface area contributed by atoms with Gasteiger partial charge < -0.3 is 5.11 Å². The van der Waals surface area contributed by atoms with E-state index in [1.807, 2.05) is 48.5 Å². The van der Waals surface area contributed by atoms with Crippen LogP contribution in [-0.4, -0.2) is 26.1 Å². The normalized spacial score (nSPS) is 13.9. The predicted molar refractivity (Wildman–Crippen MR) is 90.7 cm³/mol. The van der Waals surface area contributed by atoms with E-state index in [0.29, 0.717) is 10.7 Å². The largest absolute Gasteiger partial charge is 0.476 e. The monoisotopic (exact) mass is 339 g/mol. The zero-order chi connectivity index (χ0) is 16.7. The van der Waals surface area contributed by atoms with Gasteiger partial charge in [0.05, 0.1) is 11.4 Å². The van der Waals surface area contributed by atoms with Crippen molar-refractivity contribution < 1.29 is 9.90 Å². The molecule has 1 aliphatic rings. The van der Waals surface area contributed by atoms with Crippen LogP contribution >= 0.6 is 11.6 Å². The quantitative estimate of drug-likeness (QED) is 0.774. The standard InChI is InChI=1S/C18H14ClN3O2/c19-15-4-2-1-3-14(15)11-7-9-13(10-8-11)22-17(12-5-6-12)16(18(23)24)20-21-22/h1-4,7-10,12H,5-6H2,(H,23,24). The Kier molecular flexibility index (Phi) is 3.58. The molecule has 0 amide bonds. The minimum atomic E-state index is -1.03. The van der Waals surface area contributed by atoms with Crippen molar-refractivity contribution in [1.29, 1.82) is 0 Å². The van der Waals surface area contributed by atoms with Gasteiger partial charge in [-0.25, -0.2) is 9.48 Å². The zero-order valence-electron chi connectivity index (χ0n) is 12.7. The average Bonchev–Trinajstić information content (AvgIpc) is 3.33. The minimum Gasteiger partial charge on any atom is -0.476 e. The second kappa shape index (κ2) is 5.76. The van der Waals surface area contributed by atoms with E-state index in [9.17, 15) is 9.90 Å². The number of halogens is 1. The summed E-state index contributed by atoms with van der Waals surface area (Å²) in [5, 5.41) is 17.9. The Morgan fingerprint density at radius 1 is 1.12 bits per heavy atom. The third kappa shape index (κ3) is 2.57. The van der Waals surface area contributed by atoms with Gasteiger partial charge in [0, 0.05) is 16.5 Å². The highest BCUT2D eigenvalue weighted by Gasteiger charge is 2.34. The molecule has 0 radical (unpaired) electrons. The number of rotatable bonds is 4. The summed E-state index contributed by atoms with van der Waals surface area (Å²) in [4.78, 5) is 11.3. The molecule has 0 atom stereocenters. The second-order valence-electron chi connectivity index (χ2n) is 5.84. The van der Waals surface area contributed by atoms with E-state index < -0.39 is 5.97 Å². The highest BCUT2D eigenvalue weighted by molar-refractivity contribution is 6.33. The van der Waals surface area contributed by atoms with Gasteiger partial charge in [0.1, 0.15) is 0 Å². The average molecular weight is 340 g/mol. The Morgan fingerprint density at radius 2 is 1.83 bits per heavy atom. The molecule has 4 rings (SSSR count). The van der Waals surface area contributed by atoms with Gasteiger partial charge in [-0.15, -0.1) is 5.10 Å². The fraction of sp³-hybridized carbons (Fsp3) is 0.167. The van der Waals surface area contributed by atoms with Gasteiger partial charge in [0.25, 0.3) is 0 Å². The predicted octanol–water partition coefficient (Wildman–Crippen LogP) is 4.16. The number of aromatic nitrogens is 3. The van der Waals surface area contributed by atoms with E-state index in [-0.39, 0.29) is 11.6 Å². The first-order valence-electron chi connectivity index (χ1n) is 7.69. The van der Waals surface area contributed by atoms with Crippen molar-refractivity contribution in [2.24, 2.45) is 0 Å². The van der Waals surface area contributed by atoms with Crippen LogP contribution in [0.25, 0.3) is 16.8 Å². The third-order valence-electron chi connectivity index (χ3n) is 4.17. The van der Waals surface area contributed by atoms with Gasteiger partial charge >= 0.3 is 5.97 Å². The van der Waals surface area contributed by atoms with Crippen LogP contribution in [0.1, 0.15) is 34.9 Å². The molecule has 0 unspecified atom stereocenters. The van der Waals surface area contributed by atoms with Crippen molar-refractivity contribution in [3.05, 3.63) is 64.9 Å². The summed E-state index contributed by atoms with van der Waals surface area (Å²) in [5.41, 5.74) is 3.49. The van der Waals surface area contributed by atoms with Crippen molar-refractivity contribution in [3.63, 3.8) is 0 Å². The molecule has 5 nitrogen and oxygen atoms in total. The summed E-state index contributed by atoms with van der Waals surface area (Å²) in [6, 6.07) is 15.4. The number of aromatic carboxylic acids is 1. The highest BCUT2D eigenvalue weighted by atomic mass is 35.5. The number of hydrogen-bond donors (Lipinski definition) is 1. The highest BCUT2D eigenvalue weighted by Crippen LogP contribution is 2.42. The maximum atomic E-state index is 11.3. The number of hydrogen-bond acceptors (Lipinski definition) is 3. The molecule has 1 saturated carbocycles. The van der Waals surface area contributed by atoms with Crippen molar-refractivity contribution in [3.8, 4) is 16.8 Å². The van der Waals surface area contributed by atoms with Crippen LogP contribution < -0.4 is 0 Å². The van der Waals surface area contributed by atoms with Crippen molar-refractivity contribution in [2.75, 3.05) is 0 Å². The Morgan fingerprint density at radius 3 is 2.46 bits per heavy atom. The first kappa shape index (κ1) is 14.9. The molecular weight excluding hydrogens is 326 g/mol. The number of carbonyl (C=O) groups is 1. The molecule has 3 aromatic rings. The molecule has 0 aliphatic heterocycles. The first-order valence-corrected chi connectivity index (χ1v) is 8.07. The lowest BCUT2D eigenvalue weighted by Crippen LogP contribution is -2.05. The summed E-state index contributed by atoms with van der Waals surface area (Å²) in [6.07, 6.45) is 1.96. The van der Waals surface area contributed by atoms with E-state index in [0.717, 1.165) is 29.7 Å². The number of benzene rings is 2. The molecule has 1 aromatic heterocycles. The number of nitrogens with zero attached hydrogens (tertiary/aromatic N) is 3.